The number of amides is 1. The molecule has 0 bridgehead atoms. The number of aliphatic hydroxyl groups is 1. The van der Waals surface area contributed by atoms with Crippen LogP contribution in [0.3, 0.4) is 0 Å². The molecule has 3 aromatic carbocycles. The van der Waals surface area contributed by atoms with Crippen molar-refractivity contribution in [1.29, 1.82) is 5.26 Å². The van der Waals surface area contributed by atoms with E-state index in [2.05, 4.69) is 0 Å². The molecular formula is C28H28ClF2N3O2. The molecule has 1 heterocycles. The van der Waals surface area contributed by atoms with E-state index in [0.29, 0.717) is 40.9 Å². The summed E-state index contributed by atoms with van der Waals surface area (Å²) in [5.74, 6) is -1.38. The van der Waals surface area contributed by atoms with E-state index in [1.807, 2.05) is 0 Å². The second-order valence-electron chi connectivity index (χ2n) is 9.67. The van der Waals surface area contributed by atoms with E-state index in [9.17, 15) is 14.3 Å². The minimum Gasteiger partial charge on any atom is -0.390 e. The van der Waals surface area contributed by atoms with Gasteiger partial charge in [-0.15, -0.1) is 12.4 Å². The van der Waals surface area contributed by atoms with Crippen LogP contribution in [0.4, 0.5) is 8.78 Å². The van der Waals surface area contributed by atoms with E-state index in [0.717, 1.165) is 6.42 Å². The van der Waals surface area contributed by atoms with Gasteiger partial charge in [-0.25, -0.2) is 8.78 Å². The van der Waals surface area contributed by atoms with Gasteiger partial charge in [0, 0.05) is 36.7 Å². The lowest BCUT2D eigenvalue weighted by molar-refractivity contribution is 0.0788. The van der Waals surface area contributed by atoms with Crippen LogP contribution in [-0.4, -0.2) is 40.6 Å². The van der Waals surface area contributed by atoms with Crippen molar-refractivity contribution < 1.29 is 18.7 Å². The number of halogens is 3. The highest BCUT2D eigenvalue weighted by Gasteiger charge is 2.26. The van der Waals surface area contributed by atoms with Crippen LogP contribution >= 0.6 is 12.4 Å². The second-order valence-corrected chi connectivity index (χ2v) is 9.67. The number of nitrogens with zero attached hydrogens (tertiary/aromatic N) is 2. The number of rotatable bonds is 5. The van der Waals surface area contributed by atoms with E-state index in [1.165, 1.54) is 18.2 Å². The first kappa shape index (κ1) is 27.3. The van der Waals surface area contributed by atoms with Gasteiger partial charge >= 0.3 is 0 Å². The summed E-state index contributed by atoms with van der Waals surface area (Å²) in [5.41, 5.74) is 7.55. The number of nitrogens with two attached hydrogens (primary N) is 1. The van der Waals surface area contributed by atoms with Crippen LogP contribution in [0.5, 0.6) is 0 Å². The van der Waals surface area contributed by atoms with Gasteiger partial charge in [0.1, 0.15) is 17.7 Å². The summed E-state index contributed by atoms with van der Waals surface area (Å²) < 4.78 is 29.8. The molecule has 0 aromatic heterocycles. The summed E-state index contributed by atoms with van der Waals surface area (Å²) in [6.45, 7) is 4.32. The first-order chi connectivity index (χ1) is 16.6. The Morgan fingerprint density at radius 3 is 2.39 bits per heavy atom. The Morgan fingerprint density at radius 1 is 1.08 bits per heavy atom. The lowest BCUT2D eigenvalue weighted by atomic mass is 9.90. The van der Waals surface area contributed by atoms with Crippen LogP contribution in [0.25, 0.3) is 22.3 Å². The van der Waals surface area contributed by atoms with Crippen molar-refractivity contribution >= 4 is 18.3 Å². The normalized spacial score (nSPS) is 15.4. The van der Waals surface area contributed by atoms with Gasteiger partial charge in [-0.05, 0) is 72.9 Å². The Labute approximate surface area is 215 Å². The highest BCUT2D eigenvalue weighted by Crippen LogP contribution is 2.36. The molecular weight excluding hydrogens is 484 g/mol. The Bertz CT molecular complexity index is 1330. The van der Waals surface area contributed by atoms with Crippen LogP contribution < -0.4 is 5.73 Å². The van der Waals surface area contributed by atoms with Gasteiger partial charge in [0.25, 0.3) is 5.91 Å². The van der Waals surface area contributed by atoms with Crippen molar-refractivity contribution in [3.63, 3.8) is 0 Å². The van der Waals surface area contributed by atoms with Gasteiger partial charge in [0.05, 0.1) is 11.2 Å². The fourth-order valence-corrected chi connectivity index (χ4v) is 4.47. The second kappa shape index (κ2) is 10.8. The Morgan fingerprint density at radius 2 is 1.81 bits per heavy atom. The lowest BCUT2D eigenvalue weighted by Crippen LogP contribution is -2.31. The molecule has 3 aromatic rings. The number of likely N-dealkylation sites (tertiary alicyclic amines) is 1. The van der Waals surface area contributed by atoms with Gasteiger partial charge in [0.2, 0.25) is 0 Å². The molecule has 1 fully saturated rings. The largest absolute Gasteiger partial charge is 0.390 e. The van der Waals surface area contributed by atoms with Crippen LogP contribution in [-0.2, 0) is 6.42 Å². The SMILES string of the molecule is CC(C)(O)Cc1ccc(-c2ccc(C(=O)N3CC[C@H](N)C3)cc2-c2ccc(C#N)c(F)c2)c(F)c1.Cl. The zero-order valence-corrected chi connectivity index (χ0v) is 20.9. The van der Waals surface area contributed by atoms with E-state index >= 15 is 4.39 Å². The van der Waals surface area contributed by atoms with Crippen molar-refractivity contribution in [3.05, 3.63) is 82.9 Å². The van der Waals surface area contributed by atoms with Crippen molar-refractivity contribution in [2.24, 2.45) is 5.73 Å². The predicted molar refractivity (Wildman–Crippen MR) is 138 cm³/mol. The third kappa shape index (κ3) is 5.90. The highest BCUT2D eigenvalue weighted by molar-refractivity contribution is 5.98. The average molecular weight is 512 g/mol. The number of carbonyl (C=O) groups is 1. The van der Waals surface area contributed by atoms with Gasteiger partial charge in [-0.2, -0.15) is 5.26 Å². The standard InChI is InChI=1S/C28H27F2N3O2.ClH/c1-28(2,35)14-17-3-7-23(26(30)11-17)22-8-6-19(27(34)33-10-9-21(32)16-33)12-24(22)18-4-5-20(15-31)25(29)13-18;/h3-8,11-13,21,35H,9-10,14,16,32H2,1-2H3;1H/t21-;/m0./s1. The van der Waals surface area contributed by atoms with Gasteiger partial charge in [-0.1, -0.05) is 24.3 Å². The first-order valence-corrected chi connectivity index (χ1v) is 11.5. The summed E-state index contributed by atoms with van der Waals surface area (Å²) in [7, 11) is 0. The monoisotopic (exact) mass is 511 g/mol. The van der Waals surface area contributed by atoms with Crippen LogP contribution in [0.2, 0.25) is 0 Å². The quantitative estimate of drug-likeness (QED) is 0.500. The number of hydrogen-bond acceptors (Lipinski definition) is 4. The number of benzene rings is 3. The van der Waals surface area contributed by atoms with Crippen LogP contribution in [0, 0.1) is 23.0 Å². The summed E-state index contributed by atoms with van der Waals surface area (Å²) >= 11 is 0. The molecule has 4 rings (SSSR count). The molecule has 8 heteroatoms. The molecule has 0 aliphatic carbocycles. The molecule has 5 nitrogen and oxygen atoms in total. The summed E-state index contributed by atoms with van der Waals surface area (Å²) in [6.07, 6.45) is 1.00. The lowest BCUT2D eigenvalue weighted by Gasteiger charge is -2.19. The Kier molecular flexibility index (Phi) is 8.15. The zero-order chi connectivity index (χ0) is 25.3. The average Bonchev–Trinajstić information content (AvgIpc) is 3.23. The third-order valence-electron chi connectivity index (χ3n) is 6.14. The van der Waals surface area contributed by atoms with Crippen molar-refractivity contribution in [3.8, 4) is 28.3 Å². The molecule has 1 saturated heterocycles. The molecule has 0 saturated carbocycles. The van der Waals surface area contributed by atoms with E-state index in [1.54, 1.807) is 61.2 Å². The molecule has 1 aliphatic rings. The van der Waals surface area contributed by atoms with E-state index in [4.69, 9.17) is 11.0 Å². The van der Waals surface area contributed by atoms with E-state index in [-0.39, 0.29) is 41.9 Å². The third-order valence-corrected chi connectivity index (χ3v) is 6.14. The fraction of sp³-hybridized carbons (Fsp3) is 0.286. The van der Waals surface area contributed by atoms with Crippen molar-refractivity contribution in [2.45, 2.75) is 38.3 Å². The molecule has 0 radical (unpaired) electrons. The topological polar surface area (TPSA) is 90.3 Å². The molecule has 0 unspecified atom stereocenters. The number of nitriles is 1. The first-order valence-electron chi connectivity index (χ1n) is 11.5. The minimum absolute atomic E-state index is 0. The summed E-state index contributed by atoms with van der Waals surface area (Å²) in [5, 5.41) is 19.2. The van der Waals surface area contributed by atoms with Gasteiger partial charge in [0.15, 0.2) is 0 Å². The molecule has 1 aliphatic heterocycles. The Balaban J connectivity index is 0.00000361. The molecule has 3 N–H and O–H groups in total. The maximum absolute atomic E-state index is 15.3. The summed E-state index contributed by atoms with van der Waals surface area (Å²) in [6, 6.07) is 15.6. The zero-order valence-electron chi connectivity index (χ0n) is 20.1. The van der Waals surface area contributed by atoms with Crippen molar-refractivity contribution in [2.75, 3.05) is 13.1 Å². The number of hydrogen-bond donors (Lipinski definition) is 2. The Hall–Kier alpha value is -3.31. The smallest absolute Gasteiger partial charge is 0.253 e. The fourth-order valence-electron chi connectivity index (χ4n) is 4.47. The minimum atomic E-state index is -0.987. The van der Waals surface area contributed by atoms with Crippen LogP contribution in [0.1, 0.15) is 41.8 Å². The molecule has 1 amide bonds. The number of carbonyl (C=O) groups excluding carboxylic acids is 1. The molecule has 0 spiro atoms. The highest BCUT2D eigenvalue weighted by atomic mass is 35.5. The molecule has 1 atom stereocenters. The maximum Gasteiger partial charge on any atom is 0.253 e. The predicted octanol–water partition coefficient (Wildman–Crippen LogP) is 5.08. The van der Waals surface area contributed by atoms with Crippen LogP contribution in [0.15, 0.2) is 54.6 Å². The molecule has 36 heavy (non-hydrogen) atoms. The van der Waals surface area contributed by atoms with Gasteiger partial charge < -0.3 is 15.7 Å². The van der Waals surface area contributed by atoms with E-state index < -0.39 is 17.2 Å². The maximum atomic E-state index is 15.3. The van der Waals surface area contributed by atoms with Crippen molar-refractivity contribution in [1.82, 2.24) is 4.90 Å². The molecule has 188 valence electrons. The summed E-state index contributed by atoms with van der Waals surface area (Å²) in [4.78, 5) is 14.8. The van der Waals surface area contributed by atoms with Gasteiger partial charge in [-0.3, -0.25) is 4.79 Å².